The van der Waals surface area contributed by atoms with Gasteiger partial charge in [-0.05, 0) is 24.0 Å². The molecule has 21 heavy (non-hydrogen) atoms. The van der Waals surface area contributed by atoms with Crippen LogP contribution in [0, 0.1) is 5.92 Å². The van der Waals surface area contributed by atoms with E-state index in [0.29, 0.717) is 6.54 Å². The molecule has 0 fully saturated rings. The van der Waals surface area contributed by atoms with Crippen LogP contribution < -0.4 is 10.0 Å². The SMILES string of the molecule is CC1Cc2ccccc2N(S(=O)(=O)c2cnc(N)nc2)C1. The Morgan fingerprint density at radius 2 is 1.90 bits per heavy atom. The van der Waals surface area contributed by atoms with Crippen LogP contribution in [-0.2, 0) is 16.4 Å². The largest absolute Gasteiger partial charge is 0.368 e. The number of hydrogen-bond acceptors (Lipinski definition) is 5. The van der Waals surface area contributed by atoms with E-state index in [1.165, 1.54) is 16.7 Å². The lowest BCUT2D eigenvalue weighted by atomic mass is 9.96. The molecule has 2 heterocycles. The third-order valence-corrected chi connectivity index (χ3v) is 5.27. The van der Waals surface area contributed by atoms with Gasteiger partial charge in [-0.3, -0.25) is 4.31 Å². The number of nitrogen functional groups attached to an aromatic ring is 1. The van der Waals surface area contributed by atoms with Crippen molar-refractivity contribution in [1.29, 1.82) is 0 Å². The van der Waals surface area contributed by atoms with Crippen LogP contribution in [0.4, 0.5) is 11.6 Å². The van der Waals surface area contributed by atoms with Crippen LogP contribution >= 0.6 is 0 Å². The van der Waals surface area contributed by atoms with Gasteiger partial charge in [0.25, 0.3) is 10.0 Å². The molecule has 1 unspecified atom stereocenters. The number of hydrogen-bond donors (Lipinski definition) is 1. The second-order valence-electron chi connectivity index (χ2n) is 5.25. The number of anilines is 2. The minimum atomic E-state index is -3.67. The molecule has 0 amide bonds. The van der Waals surface area contributed by atoms with Crippen LogP contribution in [0.3, 0.4) is 0 Å². The summed E-state index contributed by atoms with van der Waals surface area (Å²) in [6.07, 6.45) is 3.37. The van der Waals surface area contributed by atoms with Crippen LogP contribution in [0.25, 0.3) is 0 Å². The van der Waals surface area contributed by atoms with Crippen molar-refractivity contribution in [1.82, 2.24) is 9.97 Å². The van der Waals surface area contributed by atoms with E-state index in [1.807, 2.05) is 31.2 Å². The molecule has 1 aliphatic rings. The summed E-state index contributed by atoms with van der Waals surface area (Å²) in [4.78, 5) is 7.61. The maximum absolute atomic E-state index is 12.8. The Morgan fingerprint density at radius 1 is 1.24 bits per heavy atom. The number of para-hydroxylation sites is 1. The Bertz CT molecular complexity index is 759. The monoisotopic (exact) mass is 304 g/mol. The minimum absolute atomic E-state index is 0.0561. The molecule has 1 atom stereocenters. The fraction of sp³-hybridized carbons (Fsp3) is 0.286. The number of fused-ring (bicyclic) bond motifs is 1. The first-order chi connectivity index (χ1) is 9.98. The fourth-order valence-electron chi connectivity index (χ4n) is 2.56. The van der Waals surface area contributed by atoms with Crippen LogP contribution in [0.2, 0.25) is 0 Å². The van der Waals surface area contributed by atoms with E-state index < -0.39 is 10.0 Å². The molecule has 0 aliphatic carbocycles. The highest BCUT2D eigenvalue weighted by Gasteiger charge is 2.32. The standard InChI is InChI=1S/C14H16N4O2S/c1-10-6-11-4-2-3-5-13(11)18(9-10)21(19,20)12-7-16-14(15)17-8-12/h2-5,7-8,10H,6,9H2,1H3,(H2,15,16,17). The zero-order chi connectivity index (χ0) is 15.0. The topological polar surface area (TPSA) is 89.2 Å². The zero-order valence-corrected chi connectivity index (χ0v) is 12.4. The Balaban J connectivity index is 2.09. The van der Waals surface area contributed by atoms with Gasteiger partial charge in [0.15, 0.2) is 0 Å². The lowest BCUT2D eigenvalue weighted by molar-refractivity contribution is 0.544. The molecule has 2 N–H and O–H groups in total. The second-order valence-corrected chi connectivity index (χ2v) is 7.11. The number of sulfonamides is 1. The Hall–Kier alpha value is -2.15. The number of rotatable bonds is 2. The predicted octanol–water partition coefficient (Wildman–Crippen LogP) is 1.45. The van der Waals surface area contributed by atoms with E-state index in [2.05, 4.69) is 9.97 Å². The molecule has 0 bridgehead atoms. The zero-order valence-electron chi connectivity index (χ0n) is 11.6. The summed E-state index contributed by atoms with van der Waals surface area (Å²) >= 11 is 0. The Labute approximate surface area is 123 Å². The van der Waals surface area contributed by atoms with Gasteiger partial charge in [-0.25, -0.2) is 18.4 Å². The number of benzene rings is 1. The van der Waals surface area contributed by atoms with Crippen LogP contribution in [-0.4, -0.2) is 24.9 Å². The van der Waals surface area contributed by atoms with E-state index in [-0.39, 0.29) is 16.8 Å². The van der Waals surface area contributed by atoms with Crippen molar-refractivity contribution in [2.75, 3.05) is 16.6 Å². The van der Waals surface area contributed by atoms with Crippen molar-refractivity contribution in [2.45, 2.75) is 18.2 Å². The summed E-state index contributed by atoms with van der Waals surface area (Å²) in [5.74, 6) is 0.311. The summed E-state index contributed by atoms with van der Waals surface area (Å²) in [6, 6.07) is 7.56. The highest BCUT2D eigenvalue weighted by Crippen LogP contribution is 2.33. The van der Waals surface area contributed by atoms with Gasteiger partial charge in [0.05, 0.1) is 18.1 Å². The maximum Gasteiger partial charge on any atom is 0.267 e. The predicted molar refractivity (Wildman–Crippen MR) is 80.3 cm³/mol. The van der Waals surface area contributed by atoms with E-state index in [0.717, 1.165) is 17.7 Å². The molecular weight excluding hydrogens is 288 g/mol. The molecule has 0 radical (unpaired) electrons. The summed E-state index contributed by atoms with van der Waals surface area (Å²) in [7, 11) is -3.67. The third kappa shape index (κ3) is 2.44. The first-order valence-corrected chi connectivity index (χ1v) is 8.10. The average molecular weight is 304 g/mol. The molecule has 7 heteroatoms. The molecule has 1 aromatic heterocycles. The van der Waals surface area contributed by atoms with Crippen LogP contribution in [0.1, 0.15) is 12.5 Å². The van der Waals surface area contributed by atoms with Gasteiger partial charge in [0.1, 0.15) is 4.90 Å². The summed E-state index contributed by atoms with van der Waals surface area (Å²) in [5.41, 5.74) is 7.18. The first kappa shape index (κ1) is 13.8. The van der Waals surface area contributed by atoms with Crippen molar-refractivity contribution < 1.29 is 8.42 Å². The van der Waals surface area contributed by atoms with Crippen LogP contribution in [0.5, 0.6) is 0 Å². The minimum Gasteiger partial charge on any atom is -0.368 e. The van der Waals surface area contributed by atoms with Gasteiger partial charge in [-0.1, -0.05) is 25.1 Å². The van der Waals surface area contributed by atoms with Crippen molar-refractivity contribution in [2.24, 2.45) is 5.92 Å². The van der Waals surface area contributed by atoms with Crippen molar-refractivity contribution in [3.8, 4) is 0 Å². The van der Waals surface area contributed by atoms with E-state index in [4.69, 9.17) is 5.73 Å². The van der Waals surface area contributed by atoms with Gasteiger partial charge < -0.3 is 5.73 Å². The van der Waals surface area contributed by atoms with Gasteiger partial charge in [0, 0.05) is 6.54 Å². The van der Waals surface area contributed by atoms with Crippen molar-refractivity contribution >= 4 is 21.7 Å². The van der Waals surface area contributed by atoms with Gasteiger partial charge in [-0.2, -0.15) is 0 Å². The highest BCUT2D eigenvalue weighted by molar-refractivity contribution is 7.92. The summed E-state index contributed by atoms with van der Waals surface area (Å²) in [5, 5.41) is 0. The molecular formula is C14H16N4O2S. The molecule has 2 aromatic rings. The molecule has 3 rings (SSSR count). The lowest BCUT2D eigenvalue weighted by Crippen LogP contribution is -2.39. The number of nitrogens with two attached hydrogens (primary N) is 1. The van der Waals surface area contributed by atoms with Gasteiger partial charge >= 0.3 is 0 Å². The van der Waals surface area contributed by atoms with Gasteiger partial charge in [0.2, 0.25) is 5.95 Å². The normalized spacial score (nSPS) is 18.3. The maximum atomic E-state index is 12.8. The molecule has 1 aliphatic heterocycles. The molecule has 0 saturated heterocycles. The summed E-state index contributed by atoms with van der Waals surface area (Å²) in [6.45, 7) is 2.49. The lowest BCUT2D eigenvalue weighted by Gasteiger charge is -2.33. The highest BCUT2D eigenvalue weighted by atomic mass is 32.2. The Kier molecular flexibility index (Phi) is 3.29. The third-order valence-electron chi connectivity index (χ3n) is 3.54. The average Bonchev–Trinajstić information content (AvgIpc) is 2.46. The smallest absolute Gasteiger partial charge is 0.267 e. The quantitative estimate of drug-likeness (QED) is 0.907. The molecule has 110 valence electrons. The first-order valence-electron chi connectivity index (χ1n) is 6.66. The molecule has 0 spiro atoms. The number of nitrogens with zero attached hydrogens (tertiary/aromatic N) is 3. The second kappa shape index (κ2) is 5.00. The Morgan fingerprint density at radius 3 is 2.62 bits per heavy atom. The molecule has 6 nitrogen and oxygen atoms in total. The van der Waals surface area contributed by atoms with E-state index in [1.54, 1.807) is 0 Å². The van der Waals surface area contributed by atoms with Gasteiger partial charge in [-0.15, -0.1) is 0 Å². The van der Waals surface area contributed by atoms with Crippen LogP contribution in [0.15, 0.2) is 41.6 Å². The molecule has 0 saturated carbocycles. The van der Waals surface area contributed by atoms with Crippen molar-refractivity contribution in [3.05, 3.63) is 42.2 Å². The van der Waals surface area contributed by atoms with E-state index >= 15 is 0 Å². The van der Waals surface area contributed by atoms with E-state index in [9.17, 15) is 8.42 Å². The summed E-state index contributed by atoms with van der Waals surface area (Å²) < 4.78 is 27.1. The van der Waals surface area contributed by atoms with Crippen molar-refractivity contribution in [3.63, 3.8) is 0 Å². The molecule has 1 aromatic carbocycles. The number of aromatic nitrogens is 2. The fourth-order valence-corrected chi connectivity index (χ4v) is 4.08.